The molecule has 1 atom stereocenters. The highest BCUT2D eigenvalue weighted by molar-refractivity contribution is 5.29. The van der Waals surface area contributed by atoms with Gasteiger partial charge in [-0.05, 0) is 18.1 Å². The minimum absolute atomic E-state index is 0.0646. The van der Waals surface area contributed by atoms with Crippen molar-refractivity contribution in [1.82, 2.24) is 10.1 Å². The number of benzene rings is 1. The van der Waals surface area contributed by atoms with Gasteiger partial charge in [-0.2, -0.15) is 4.98 Å². The molecule has 1 aromatic carbocycles. The van der Waals surface area contributed by atoms with E-state index < -0.39 is 12.5 Å². The molecule has 2 rings (SSSR count). The van der Waals surface area contributed by atoms with Crippen LogP contribution in [0.5, 0.6) is 0 Å². The maximum Gasteiger partial charge on any atom is 0.263 e. The summed E-state index contributed by atoms with van der Waals surface area (Å²) in [4.78, 5) is 4.16. The number of nitrogens with two attached hydrogens (primary N) is 1. The van der Waals surface area contributed by atoms with Crippen molar-refractivity contribution in [3.05, 3.63) is 47.1 Å². The molecule has 1 aromatic heterocycles. The molecule has 0 aliphatic heterocycles. The summed E-state index contributed by atoms with van der Waals surface area (Å²) in [7, 11) is 0. The van der Waals surface area contributed by atoms with Crippen molar-refractivity contribution in [3.8, 4) is 0 Å². The lowest BCUT2D eigenvalue weighted by Crippen LogP contribution is -2.14. The zero-order valence-corrected chi connectivity index (χ0v) is 10.5. The molecule has 0 saturated carbocycles. The summed E-state index contributed by atoms with van der Waals surface area (Å²) in [5.41, 5.74) is 6.44. The SMILES string of the molecule is CCCc1nc(C(N)c2cccc(C(F)F)c2)no1. The highest BCUT2D eigenvalue weighted by Gasteiger charge is 2.17. The van der Waals surface area contributed by atoms with E-state index in [2.05, 4.69) is 10.1 Å². The quantitative estimate of drug-likeness (QED) is 0.904. The summed E-state index contributed by atoms with van der Waals surface area (Å²) in [6.45, 7) is 2.00. The van der Waals surface area contributed by atoms with Gasteiger partial charge in [-0.1, -0.05) is 30.3 Å². The molecule has 0 aliphatic carbocycles. The van der Waals surface area contributed by atoms with E-state index in [4.69, 9.17) is 10.3 Å². The maximum atomic E-state index is 12.6. The van der Waals surface area contributed by atoms with Crippen LogP contribution >= 0.6 is 0 Å². The molecule has 1 heterocycles. The summed E-state index contributed by atoms with van der Waals surface area (Å²) in [6.07, 6.45) is -0.956. The van der Waals surface area contributed by atoms with Gasteiger partial charge >= 0.3 is 0 Å². The third-order valence-corrected chi connectivity index (χ3v) is 2.75. The minimum atomic E-state index is -2.52. The molecule has 0 fully saturated rings. The van der Waals surface area contributed by atoms with Gasteiger partial charge in [-0.25, -0.2) is 8.78 Å². The zero-order chi connectivity index (χ0) is 13.8. The number of hydrogen-bond donors (Lipinski definition) is 1. The molecular weight excluding hydrogens is 252 g/mol. The molecule has 0 amide bonds. The van der Waals surface area contributed by atoms with Gasteiger partial charge in [0.15, 0.2) is 5.82 Å². The molecule has 2 aromatic rings. The number of hydrogen-bond acceptors (Lipinski definition) is 4. The van der Waals surface area contributed by atoms with Gasteiger partial charge in [-0.15, -0.1) is 0 Å². The molecule has 2 N–H and O–H groups in total. The number of alkyl halides is 2. The van der Waals surface area contributed by atoms with Gasteiger partial charge < -0.3 is 10.3 Å². The maximum absolute atomic E-state index is 12.6. The van der Waals surface area contributed by atoms with Crippen LogP contribution in [0.25, 0.3) is 0 Å². The second kappa shape index (κ2) is 5.88. The van der Waals surface area contributed by atoms with Gasteiger partial charge in [0.05, 0.1) is 6.04 Å². The van der Waals surface area contributed by atoms with E-state index in [1.807, 2.05) is 6.92 Å². The Kier molecular flexibility index (Phi) is 4.21. The first kappa shape index (κ1) is 13.6. The van der Waals surface area contributed by atoms with E-state index in [9.17, 15) is 8.78 Å². The first-order valence-electron chi connectivity index (χ1n) is 6.08. The van der Waals surface area contributed by atoms with Crippen molar-refractivity contribution < 1.29 is 13.3 Å². The Morgan fingerprint density at radius 2 is 2.05 bits per heavy atom. The van der Waals surface area contributed by atoms with Crippen LogP contribution < -0.4 is 5.73 Å². The van der Waals surface area contributed by atoms with E-state index in [0.717, 1.165) is 6.42 Å². The fourth-order valence-corrected chi connectivity index (χ4v) is 1.75. The van der Waals surface area contributed by atoms with Crippen molar-refractivity contribution >= 4 is 0 Å². The molecule has 0 radical (unpaired) electrons. The van der Waals surface area contributed by atoms with Crippen molar-refractivity contribution in [3.63, 3.8) is 0 Å². The third kappa shape index (κ3) is 3.14. The number of rotatable bonds is 5. The molecule has 19 heavy (non-hydrogen) atoms. The van der Waals surface area contributed by atoms with E-state index in [-0.39, 0.29) is 5.56 Å². The first-order valence-corrected chi connectivity index (χ1v) is 6.08. The fraction of sp³-hybridized carbons (Fsp3) is 0.385. The lowest BCUT2D eigenvalue weighted by molar-refractivity contribution is 0.151. The van der Waals surface area contributed by atoms with Crippen LogP contribution in [-0.4, -0.2) is 10.1 Å². The molecule has 0 bridgehead atoms. The molecule has 102 valence electrons. The van der Waals surface area contributed by atoms with Crippen molar-refractivity contribution in [1.29, 1.82) is 0 Å². The summed E-state index contributed by atoms with van der Waals surface area (Å²) < 4.78 is 30.3. The van der Waals surface area contributed by atoms with Gasteiger partial charge in [0.1, 0.15) is 0 Å². The molecule has 6 heteroatoms. The number of aryl methyl sites for hydroxylation is 1. The second-order valence-electron chi connectivity index (χ2n) is 4.24. The van der Waals surface area contributed by atoms with Crippen LogP contribution in [-0.2, 0) is 6.42 Å². The molecule has 0 saturated heterocycles. The predicted octanol–water partition coefficient (Wildman–Crippen LogP) is 3.01. The number of nitrogens with zero attached hydrogens (tertiary/aromatic N) is 2. The fourth-order valence-electron chi connectivity index (χ4n) is 1.75. The summed E-state index contributed by atoms with van der Waals surface area (Å²) in [6, 6.07) is 5.29. The molecule has 0 aliphatic rings. The summed E-state index contributed by atoms with van der Waals surface area (Å²) in [5.74, 6) is 0.827. The van der Waals surface area contributed by atoms with Gasteiger partial charge in [0.2, 0.25) is 5.89 Å². The lowest BCUT2D eigenvalue weighted by Gasteiger charge is -2.09. The monoisotopic (exact) mass is 267 g/mol. The summed E-state index contributed by atoms with van der Waals surface area (Å²) in [5, 5.41) is 3.79. The predicted molar refractivity (Wildman–Crippen MR) is 65.7 cm³/mol. The van der Waals surface area contributed by atoms with Crippen LogP contribution in [0.3, 0.4) is 0 Å². The zero-order valence-electron chi connectivity index (χ0n) is 10.5. The average molecular weight is 267 g/mol. The Labute approximate surface area is 109 Å². The highest BCUT2D eigenvalue weighted by atomic mass is 19.3. The number of aromatic nitrogens is 2. The van der Waals surface area contributed by atoms with Crippen LogP contribution in [0.4, 0.5) is 8.78 Å². The van der Waals surface area contributed by atoms with Gasteiger partial charge in [0, 0.05) is 12.0 Å². The van der Waals surface area contributed by atoms with Crippen LogP contribution in [0.1, 0.15) is 48.7 Å². The van der Waals surface area contributed by atoms with Crippen LogP contribution in [0.2, 0.25) is 0 Å². The second-order valence-corrected chi connectivity index (χ2v) is 4.24. The Bertz CT molecular complexity index is 542. The summed E-state index contributed by atoms with van der Waals surface area (Å²) >= 11 is 0. The molecular formula is C13H15F2N3O. The van der Waals surface area contributed by atoms with E-state index in [1.165, 1.54) is 12.1 Å². The van der Waals surface area contributed by atoms with Crippen molar-refractivity contribution in [2.45, 2.75) is 32.2 Å². The topological polar surface area (TPSA) is 64.9 Å². The lowest BCUT2D eigenvalue weighted by atomic mass is 10.0. The Hall–Kier alpha value is -1.82. The highest BCUT2D eigenvalue weighted by Crippen LogP contribution is 2.24. The minimum Gasteiger partial charge on any atom is -0.339 e. The van der Waals surface area contributed by atoms with E-state index in [1.54, 1.807) is 12.1 Å². The van der Waals surface area contributed by atoms with E-state index in [0.29, 0.717) is 23.7 Å². The van der Waals surface area contributed by atoms with Crippen molar-refractivity contribution in [2.24, 2.45) is 5.73 Å². The number of halogens is 2. The first-order chi connectivity index (χ1) is 9.11. The smallest absolute Gasteiger partial charge is 0.263 e. The Balaban J connectivity index is 2.22. The Morgan fingerprint density at radius 1 is 1.32 bits per heavy atom. The molecule has 0 spiro atoms. The van der Waals surface area contributed by atoms with Gasteiger partial charge in [0.25, 0.3) is 6.43 Å². The largest absolute Gasteiger partial charge is 0.339 e. The van der Waals surface area contributed by atoms with Crippen molar-refractivity contribution in [2.75, 3.05) is 0 Å². The van der Waals surface area contributed by atoms with Crippen LogP contribution in [0, 0.1) is 0 Å². The average Bonchev–Trinajstić information content (AvgIpc) is 2.87. The third-order valence-electron chi connectivity index (χ3n) is 2.75. The molecule has 4 nitrogen and oxygen atoms in total. The Morgan fingerprint density at radius 3 is 2.74 bits per heavy atom. The van der Waals surface area contributed by atoms with Gasteiger partial charge in [-0.3, -0.25) is 0 Å². The van der Waals surface area contributed by atoms with E-state index >= 15 is 0 Å². The van der Waals surface area contributed by atoms with Crippen LogP contribution in [0.15, 0.2) is 28.8 Å². The molecule has 1 unspecified atom stereocenters. The standard InChI is InChI=1S/C13H15F2N3O/c1-2-4-10-17-13(18-19-10)11(16)8-5-3-6-9(7-8)12(14)15/h3,5-7,11-12H,2,4,16H2,1H3. The normalized spacial score (nSPS) is 12.9.